The summed E-state index contributed by atoms with van der Waals surface area (Å²) in [6.45, 7) is 8.48. The number of nitrogens with one attached hydrogen (secondary N) is 1. The fraction of sp³-hybridized carbons (Fsp3) is 0.471. The number of nitrogens with zero attached hydrogens (tertiary/aromatic N) is 5. The van der Waals surface area contributed by atoms with Crippen LogP contribution in [-0.4, -0.2) is 80.2 Å². The zero-order chi connectivity index (χ0) is 31.9. The minimum absolute atomic E-state index is 0.0764. The number of aromatic amines is 1. The molecule has 0 bridgehead atoms. The lowest BCUT2D eigenvalue weighted by molar-refractivity contribution is -0.168. The first-order chi connectivity index (χ1) is 21.9. The zero-order valence-electron chi connectivity index (χ0n) is 26.5. The van der Waals surface area contributed by atoms with Gasteiger partial charge in [0.2, 0.25) is 5.92 Å². The Kier molecular flexibility index (Phi) is 10.4. The number of carbonyl (C=O) groups excluding carboxylic acids is 3. The number of fused-ring (bicyclic) bond motifs is 1. The number of rotatable bonds is 13. The Labute approximate surface area is 263 Å². The molecule has 11 heteroatoms. The van der Waals surface area contributed by atoms with Crippen molar-refractivity contribution in [1.82, 2.24) is 30.6 Å². The molecule has 0 aliphatic carbocycles. The molecule has 0 radical (unpaired) electrons. The summed E-state index contributed by atoms with van der Waals surface area (Å²) in [5.74, 6) is -3.12. The summed E-state index contributed by atoms with van der Waals surface area (Å²) in [6, 6.07) is 16.1. The smallest absolute Gasteiger partial charge is 0.328 e. The number of esters is 2. The Morgan fingerprint density at radius 3 is 2.27 bits per heavy atom. The van der Waals surface area contributed by atoms with Crippen LogP contribution in [0.25, 0.3) is 22.5 Å². The molecule has 1 saturated heterocycles. The van der Waals surface area contributed by atoms with Crippen molar-refractivity contribution in [3.05, 3.63) is 65.4 Å². The van der Waals surface area contributed by atoms with E-state index in [1.165, 1.54) is 5.57 Å². The molecule has 2 unspecified atom stereocenters. The van der Waals surface area contributed by atoms with Crippen molar-refractivity contribution in [3.8, 4) is 22.5 Å². The number of tetrazole rings is 1. The van der Waals surface area contributed by atoms with Crippen LogP contribution < -0.4 is 0 Å². The molecule has 11 nitrogen and oxygen atoms in total. The lowest BCUT2D eigenvalue weighted by atomic mass is 9.91. The number of carbonyl (C=O) groups is 3. The number of aromatic nitrogens is 4. The highest BCUT2D eigenvalue weighted by Crippen LogP contribution is 2.39. The van der Waals surface area contributed by atoms with E-state index in [0.717, 1.165) is 60.1 Å². The van der Waals surface area contributed by atoms with Crippen molar-refractivity contribution < 1.29 is 23.9 Å². The van der Waals surface area contributed by atoms with Gasteiger partial charge < -0.3 is 9.47 Å². The van der Waals surface area contributed by atoms with Crippen molar-refractivity contribution in [2.24, 2.45) is 5.92 Å². The molecule has 0 spiro atoms. The lowest BCUT2D eigenvalue weighted by Gasteiger charge is -2.46. The monoisotopic (exact) mass is 614 g/mol. The van der Waals surface area contributed by atoms with Crippen LogP contribution in [0.15, 0.2) is 59.8 Å². The van der Waals surface area contributed by atoms with Crippen molar-refractivity contribution in [2.45, 2.75) is 78.3 Å². The van der Waals surface area contributed by atoms with E-state index in [1.807, 2.05) is 18.2 Å². The maximum Gasteiger partial charge on any atom is 0.328 e. The highest BCUT2D eigenvalue weighted by molar-refractivity contribution is 6.16. The zero-order valence-corrected chi connectivity index (χ0v) is 26.5. The second-order valence-corrected chi connectivity index (χ2v) is 11.5. The predicted octanol–water partition coefficient (Wildman–Crippen LogP) is 4.92. The first-order valence-corrected chi connectivity index (χ1v) is 15.9. The lowest BCUT2D eigenvalue weighted by Crippen LogP contribution is -2.58. The number of hydrazine groups is 1. The Morgan fingerprint density at radius 2 is 1.64 bits per heavy atom. The summed E-state index contributed by atoms with van der Waals surface area (Å²) in [7, 11) is 0. The molecule has 0 saturated carbocycles. The fourth-order valence-corrected chi connectivity index (χ4v) is 6.38. The van der Waals surface area contributed by atoms with Gasteiger partial charge in [-0.3, -0.25) is 19.4 Å². The van der Waals surface area contributed by atoms with E-state index in [0.29, 0.717) is 18.8 Å². The molecule has 238 valence electrons. The highest BCUT2D eigenvalue weighted by Gasteiger charge is 2.48. The predicted molar refractivity (Wildman–Crippen MR) is 168 cm³/mol. The van der Waals surface area contributed by atoms with Gasteiger partial charge in [0.25, 0.3) is 0 Å². The Morgan fingerprint density at radius 1 is 0.956 bits per heavy atom. The fourth-order valence-electron chi connectivity index (χ4n) is 6.38. The third-order valence-corrected chi connectivity index (χ3v) is 8.61. The first kappa shape index (κ1) is 32.0. The summed E-state index contributed by atoms with van der Waals surface area (Å²) >= 11 is 0. The van der Waals surface area contributed by atoms with E-state index in [-0.39, 0.29) is 19.3 Å². The quantitative estimate of drug-likeness (QED) is 0.209. The van der Waals surface area contributed by atoms with Gasteiger partial charge >= 0.3 is 11.9 Å². The number of benzene rings is 2. The van der Waals surface area contributed by atoms with E-state index in [2.05, 4.69) is 74.8 Å². The minimum atomic E-state index is -1.59. The van der Waals surface area contributed by atoms with Crippen LogP contribution in [-0.2, 0) is 30.3 Å². The van der Waals surface area contributed by atoms with Crippen LogP contribution in [0.2, 0.25) is 0 Å². The van der Waals surface area contributed by atoms with Gasteiger partial charge in [-0.2, -0.15) is 0 Å². The third kappa shape index (κ3) is 6.83. The number of hydrogen-bond donors (Lipinski definition) is 1. The second kappa shape index (κ2) is 14.6. The van der Waals surface area contributed by atoms with Crippen molar-refractivity contribution >= 4 is 17.7 Å². The summed E-state index contributed by atoms with van der Waals surface area (Å²) in [6.07, 6.45) is 4.81. The topological polar surface area (TPSA) is 131 Å². The molecule has 3 aromatic rings. The number of H-pyrrole nitrogens is 1. The molecule has 2 aliphatic rings. The van der Waals surface area contributed by atoms with E-state index in [9.17, 15) is 14.4 Å². The summed E-state index contributed by atoms with van der Waals surface area (Å²) < 4.78 is 10.3. The van der Waals surface area contributed by atoms with Gasteiger partial charge in [0.1, 0.15) is 6.04 Å². The molecule has 5 rings (SSSR count). The Hall–Kier alpha value is -4.38. The van der Waals surface area contributed by atoms with Crippen LogP contribution in [0.5, 0.6) is 0 Å². The van der Waals surface area contributed by atoms with Gasteiger partial charge in [-0.15, -0.1) is 5.10 Å². The van der Waals surface area contributed by atoms with Gasteiger partial charge in [0, 0.05) is 23.8 Å². The van der Waals surface area contributed by atoms with Crippen molar-refractivity contribution in [1.29, 1.82) is 0 Å². The normalized spacial score (nSPS) is 18.3. The van der Waals surface area contributed by atoms with Gasteiger partial charge in [-0.1, -0.05) is 61.9 Å². The molecule has 45 heavy (non-hydrogen) atoms. The molecule has 0 amide bonds. The molecular formula is C34H42N6O5. The molecule has 2 aromatic carbocycles. The number of ether oxygens (including phenoxy) is 2. The number of Topliss-reactive ketones (excluding diaryl/α,β-unsaturated/α-hetero) is 1. The highest BCUT2D eigenvalue weighted by atomic mass is 16.6. The standard InChI is InChI=1S/C34H42N6O5/c1-5-8-13-28-25(20-23-15-17-24(18-16-23)26-11-9-10-12-27(26)32-35-37-38-36-32)21-39-22(4)14-19-29(40(28)39)31(41)30(33(42)44-6-2)34(43)45-7-3/h9-12,15-18,22,29-30H,5-8,13-14,19-21H2,1-4H3,(H,35,36,37,38). The van der Waals surface area contributed by atoms with E-state index in [1.54, 1.807) is 13.8 Å². The number of ketones is 1. The minimum Gasteiger partial charge on any atom is -0.465 e. The van der Waals surface area contributed by atoms with Crippen LogP contribution in [0.3, 0.4) is 0 Å². The molecule has 2 aliphatic heterocycles. The summed E-state index contributed by atoms with van der Waals surface area (Å²) in [5.41, 5.74) is 6.53. The van der Waals surface area contributed by atoms with Gasteiger partial charge in [-0.05, 0) is 85.6 Å². The maximum atomic E-state index is 14.0. The average Bonchev–Trinajstić information content (AvgIpc) is 3.70. The van der Waals surface area contributed by atoms with Crippen LogP contribution in [0, 0.1) is 5.92 Å². The third-order valence-electron chi connectivity index (χ3n) is 8.61. The Balaban J connectivity index is 1.44. The number of hydrogen-bond acceptors (Lipinski definition) is 10. The molecule has 1 aromatic heterocycles. The van der Waals surface area contributed by atoms with Gasteiger partial charge in [0.15, 0.2) is 11.6 Å². The van der Waals surface area contributed by atoms with E-state index >= 15 is 0 Å². The van der Waals surface area contributed by atoms with Gasteiger partial charge in [0.05, 0.1) is 13.2 Å². The summed E-state index contributed by atoms with van der Waals surface area (Å²) in [5, 5.41) is 18.7. The number of allylic oxidation sites excluding steroid dienone is 1. The van der Waals surface area contributed by atoms with Crippen LogP contribution in [0.1, 0.15) is 65.4 Å². The van der Waals surface area contributed by atoms with Crippen molar-refractivity contribution in [3.63, 3.8) is 0 Å². The maximum absolute atomic E-state index is 14.0. The molecule has 2 atom stereocenters. The van der Waals surface area contributed by atoms with Crippen LogP contribution in [0.4, 0.5) is 0 Å². The average molecular weight is 615 g/mol. The molecule has 1 N–H and O–H groups in total. The van der Waals surface area contributed by atoms with Crippen molar-refractivity contribution in [2.75, 3.05) is 19.8 Å². The second-order valence-electron chi connectivity index (χ2n) is 11.5. The van der Waals surface area contributed by atoms with E-state index in [4.69, 9.17) is 9.47 Å². The molecule has 1 fully saturated rings. The largest absolute Gasteiger partial charge is 0.465 e. The molecule has 3 heterocycles. The van der Waals surface area contributed by atoms with E-state index < -0.39 is 29.7 Å². The number of unbranched alkanes of at least 4 members (excludes halogenated alkanes) is 1. The molecular weight excluding hydrogens is 572 g/mol. The Bertz CT molecular complexity index is 1500. The SMILES string of the molecule is CCCCC1=C(Cc2ccc(-c3ccccc3-c3nnn[nH]3)cc2)CN2C(C)CCC(C(=O)C(C(=O)OCC)C(=O)OCC)N12. The van der Waals surface area contributed by atoms with Gasteiger partial charge in [-0.25, -0.2) is 10.1 Å². The first-order valence-electron chi connectivity index (χ1n) is 15.9. The van der Waals surface area contributed by atoms with Crippen LogP contribution >= 0.6 is 0 Å². The summed E-state index contributed by atoms with van der Waals surface area (Å²) in [4.78, 5) is 39.8.